The Hall–Kier alpha value is -8.99. The number of hydrogen-bond acceptors (Lipinski definition) is 20. The number of aromatic nitrogens is 3. The summed E-state index contributed by atoms with van der Waals surface area (Å²) >= 11 is 0. The van der Waals surface area contributed by atoms with Gasteiger partial charge in [0.25, 0.3) is 17.7 Å². The van der Waals surface area contributed by atoms with Crippen molar-refractivity contribution in [2.45, 2.75) is 58.2 Å². The Morgan fingerprint density at radius 1 is 0.798 bits per heavy atom. The summed E-state index contributed by atoms with van der Waals surface area (Å²) in [5, 5.41) is 16.3. The minimum atomic E-state index is -1.07. The number of carbonyl (C=O) groups excluding carboxylic acids is 8. The van der Waals surface area contributed by atoms with Gasteiger partial charge < -0.3 is 81.4 Å². The minimum absolute atomic E-state index is 0.0416. The lowest BCUT2D eigenvalue weighted by molar-refractivity contribution is -0.137. The summed E-state index contributed by atoms with van der Waals surface area (Å²) < 4.78 is 39.5. The zero-order chi connectivity index (χ0) is 60.2. The van der Waals surface area contributed by atoms with E-state index in [2.05, 4.69) is 46.9 Å². The van der Waals surface area contributed by atoms with Crippen LogP contribution in [0.4, 0.5) is 32.5 Å². The van der Waals surface area contributed by atoms with E-state index in [-0.39, 0.29) is 114 Å². The molecule has 0 saturated carbocycles. The summed E-state index contributed by atoms with van der Waals surface area (Å²) in [6.07, 6.45) is 7.18. The molecule has 6 rings (SSSR count). The van der Waals surface area contributed by atoms with Crippen molar-refractivity contribution >= 4 is 70.4 Å². The van der Waals surface area contributed by atoms with Crippen molar-refractivity contribution in [1.82, 2.24) is 41.1 Å². The van der Waals surface area contributed by atoms with Gasteiger partial charge in [-0.2, -0.15) is 0 Å². The number of nitrogen functional groups attached to an aromatic ring is 1. The Labute approximate surface area is 485 Å². The zero-order valence-corrected chi connectivity index (χ0v) is 47.2. The molecular weight excluding hydrogens is 1090 g/mol. The predicted octanol–water partition coefficient (Wildman–Crippen LogP) is 2.29. The van der Waals surface area contributed by atoms with Crippen molar-refractivity contribution in [1.29, 1.82) is 0 Å². The third-order valence-electron chi connectivity index (χ3n) is 12.7. The fraction of sp³-hybridized carbons (Fsp3) is 0.446. The maximum Gasteiger partial charge on any atom is 0.407 e. The topological polar surface area (TPSA) is 371 Å². The molecule has 0 unspecified atom stereocenters. The van der Waals surface area contributed by atoms with E-state index in [9.17, 15) is 38.4 Å². The molecule has 2 bridgehead atoms. The molecule has 2 aromatic carbocycles. The van der Waals surface area contributed by atoms with Gasteiger partial charge >= 0.3 is 12.1 Å². The molecule has 28 heteroatoms. The van der Waals surface area contributed by atoms with Crippen molar-refractivity contribution in [2.75, 3.05) is 121 Å². The number of likely N-dealkylation sites (N-methyl/N-ethyl adjacent to an activating group) is 1. The number of amides is 9. The molecule has 2 aliphatic rings. The number of nitrogens with zero attached hydrogens (tertiary/aromatic N) is 5. The fourth-order valence-corrected chi connectivity index (χ4v) is 8.16. The van der Waals surface area contributed by atoms with Gasteiger partial charge in [-0.15, -0.1) is 0 Å². The number of pyridine rings is 1. The van der Waals surface area contributed by atoms with E-state index in [0.29, 0.717) is 79.1 Å². The number of anilines is 4. The van der Waals surface area contributed by atoms with E-state index >= 15 is 0 Å². The minimum Gasteiger partial charge on any atom is -0.494 e. The molecular formula is C56H73N13O15. The highest BCUT2D eigenvalue weighted by Gasteiger charge is 2.29. The molecule has 0 fully saturated rings. The lowest BCUT2D eigenvalue weighted by Gasteiger charge is -2.25. The first-order valence-electron chi connectivity index (χ1n) is 27.3. The Kier molecular flexibility index (Phi) is 25.8. The first kappa shape index (κ1) is 64.2. The number of ether oxygens (including phenoxy) is 7. The first-order chi connectivity index (χ1) is 40.6. The molecule has 4 heterocycles. The molecule has 0 radical (unpaired) electrons. The first-order valence-corrected chi connectivity index (χ1v) is 27.3. The van der Waals surface area contributed by atoms with Gasteiger partial charge in [0.05, 0.1) is 102 Å². The molecule has 0 aliphatic carbocycles. The van der Waals surface area contributed by atoms with E-state index in [1.54, 1.807) is 74.8 Å². The van der Waals surface area contributed by atoms with Gasteiger partial charge in [0, 0.05) is 56.2 Å². The zero-order valence-electron chi connectivity index (χ0n) is 47.2. The van der Waals surface area contributed by atoms with Crippen LogP contribution in [0, 0.1) is 5.92 Å². The van der Waals surface area contributed by atoms with Crippen molar-refractivity contribution in [3.05, 3.63) is 90.5 Å². The summed E-state index contributed by atoms with van der Waals surface area (Å²) in [6, 6.07) is 10.7. The van der Waals surface area contributed by atoms with Gasteiger partial charge in [0.2, 0.25) is 17.7 Å². The van der Waals surface area contributed by atoms with Crippen molar-refractivity contribution in [3.63, 3.8) is 0 Å². The number of alkyl carbamates (subject to hydrolysis) is 1. The SMILES string of the molecule is CC(C)[C@H](NC(=O)CCOCCOCCOCCOCCN1C(=O)C=CC1=O)C(=O)N[C@@H](CCCNC(N)=O)C(=O)Nc1ccc(COC(=O)NCCCOc2ccc3c(c2)-c2cnc(N)c(n2)C(=O)Nc2cnccc2N(C)CCO3)cc1. The monoisotopic (exact) mass is 1170 g/mol. The molecule has 9 amide bonds. The summed E-state index contributed by atoms with van der Waals surface area (Å²) in [6.45, 7) is 6.90. The standard InChI is InChI=1S/C56H73N13O15/c1-36(2)49(67-46(70)16-23-78-26-28-80-30-31-81-29-27-79-24-21-69-47(71)13-14-48(69)72)53(74)65-41(6-4-17-60-55(58)76)52(73)63-38-9-7-37(8-10-38)35-84-56(77)61-18-5-22-82-39-11-12-45-40(32-39)42-34-62-51(57)50(64-42)54(75)66-43-33-59-19-15-44(43)68(3)20-25-83-45/h7-15,19,32-34,36,41,49H,4-6,16-18,20-31,35H2,1-3H3,(H2,57,62)(H,61,77)(H,63,73)(H,65,74)(H,66,75)(H,67,70)(H3,58,60,76)/t41-,49-/m0/s1. The van der Waals surface area contributed by atoms with Gasteiger partial charge in [-0.25, -0.2) is 19.6 Å². The molecule has 0 spiro atoms. The molecule has 28 nitrogen and oxygen atoms in total. The molecule has 84 heavy (non-hydrogen) atoms. The van der Waals surface area contributed by atoms with Gasteiger partial charge in [-0.3, -0.25) is 38.7 Å². The van der Waals surface area contributed by atoms with Crippen LogP contribution < -0.4 is 57.7 Å². The quantitative estimate of drug-likeness (QED) is 0.0257. The third kappa shape index (κ3) is 21.1. The highest BCUT2D eigenvalue weighted by atomic mass is 16.6. The number of rotatable bonds is 32. The molecule has 452 valence electrons. The van der Waals surface area contributed by atoms with Crippen LogP contribution in [-0.4, -0.2) is 179 Å². The van der Waals surface area contributed by atoms with Gasteiger partial charge in [0.15, 0.2) is 11.5 Å². The summed E-state index contributed by atoms with van der Waals surface area (Å²) in [7, 11) is 1.87. The van der Waals surface area contributed by atoms with Gasteiger partial charge in [-0.1, -0.05) is 26.0 Å². The Balaban J connectivity index is 0.878. The van der Waals surface area contributed by atoms with E-state index in [1.807, 2.05) is 11.9 Å². The maximum absolute atomic E-state index is 13.6. The summed E-state index contributed by atoms with van der Waals surface area (Å²) in [5.74, 6) is -2.30. The number of fused-ring (bicyclic) bond motifs is 5. The fourth-order valence-electron chi connectivity index (χ4n) is 8.16. The number of carbonyl (C=O) groups is 8. The van der Waals surface area contributed by atoms with E-state index < -0.39 is 47.8 Å². The highest BCUT2D eigenvalue weighted by molar-refractivity contribution is 6.13. The van der Waals surface area contributed by atoms with Crippen LogP contribution in [0.25, 0.3) is 11.3 Å². The van der Waals surface area contributed by atoms with Crippen molar-refractivity contribution < 1.29 is 71.5 Å². The van der Waals surface area contributed by atoms with Crippen LogP contribution in [0.1, 0.15) is 55.6 Å². The lowest BCUT2D eigenvalue weighted by Crippen LogP contribution is -2.54. The number of imide groups is 1. The van der Waals surface area contributed by atoms with Crippen LogP contribution in [0.3, 0.4) is 0 Å². The molecule has 10 N–H and O–H groups in total. The molecule has 0 saturated heterocycles. The van der Waals surface area contributed by atoms with Crippen LogP contribution in [0.5, 0.6) is 11.5 Å². The highest BCUT2D eigenvalue weighted by Crippen LogP contribution is 2.34. The van der Waals surface area contributed by atoms with Crippen LogP contribution in [0.2, 0.25) is 0 Å². The average Bonchev–Trinajstić information content (AvgIpc) is 3.48. The Bertz CT molecular complexity index is 2890. The van der Waals surface area contributed by atoms with E-state index in [4.69, 9.17) is 44.6 Å². The maximum atomic E-state index is 13.6. The Morgan fingerprint density at radius 2 is 1.49 bits per heavy atom. The molecule has 2 atom stereocenters. The second-order valence-electron chi connectivity index (χ2n) is 19.3. The number of hydrogen-bond donors (Lipinski definition) is 8. The number of primary amides is 1. The van der Waals surface area contributed by atoms with Crippen LogP contribution >= 0.6 is 0 Å². The molecule has 2 aliphatic heterocycles. The molecule has 2 aromatic heterocycles. The number of urea groups is 1. The van der Waals surface area contributed by atoms with Crippen LogP contribution in [-0.2, 0) is 54.3 Å². The van der Waals surface area contributed by atoms with Gasteiger partial charge in [-0.05, 0) is 67.1 Å². The smallest absolute Gasteiger partial charge is 0.407 e. The number of benzene rings is 2. The third-order valence-corrected chi connectivity index (χ3v) is 12.7. The second-order valence-corrected chi connectivity index (χ2v) is 19.3. The lowest BCUT2D eigenvalue weighted by atomic mass is 10.0. The van der Waals surface area contributed by atoms with Crippen molar-refractivity contribution in [2.24, 2.45) is 11.7 Å². The number of nitrogens with one attached hydrogen (secondary N) is 6. The predicted molar refractivity (Wildman–Crippen MR) is 305 cm³/mol. The van der Waals surface area contributed by atoms with E-state index in [0.717, 1.165) is 10.6 Å². The van der Waals surface area contributed by atoms with E-state index in [1.165, 1.54) is 18.3 Å². The summed E-state index contributed by atoms with van der Waals surface area (Å²) in [4.78, 5) is 117. The van der Waals surface area contributed by atoms with Crippen molar-refractivity contribution in [3.8, 4) is 22.8 Å². The number of nitrogens with two attached hydrogens (primary N) is 2. The Morgan fingerprint density at radius 3 is 2.19 bits per heavy atom. The van der Waals surface area contributed by atoms with Gasteiger partial charge in [0.1, 0.15) is 36.8 Å². The van der Waals surface area contributed by atoms with Crippen LogP contribution in [0.15, 0.2) is 79.3 Å². The average molecular weight is 1170 g/mol. The normalized spacial score (nSPS) is 13.6. The summed E-state index contributed by atoms with van der Waals surface area (Å²) in [5.41, 5.74) is 14.3. The largest absolute Gasteiger partial charge is 0.494 e. The molecule has 4 aromatic rings. The second kappa shape index (κ2) is 33.8.